The van der Waals surface area contributed by atoms with E-state index in [2.05, 4.69) is 231 Å². The summed E-state index contributed by atoms with van der Waals surface area (Å²) in [6.07, 6.45) is 1.91. The predicted molar refractivity (Wildman–Crippen MR) is 397 cm³/mol. The summed E-state index contributed by atoms with van der Waals surface area (Å²) in [6.45, 7) is 23.6. The normalized spacial score (nSPS) is 15.0. The molecule has 12 aromatic rings. The lowest BCUT2D eigenvalue weighted by atomic mass is 9.78. The Balaban J connectivity index is 1.03. The van der Waals surface area contributed by atoms with Crippen LogP contribution >= 0.6 is 0 Å². The minimum atomic E-state index is -2.91. The van der Waals surface area contributed by atoms with Gasteiger partial charge in [-0.2, -0.15) is 0 Å². The minimum Gasteiger partial charge on any atom is -0.321 e. The van der Waals surface area contributed by atoms with Crippen molar-refractivity contribution in [3.8, 4) is 66.8 Å². The molecule has 460 valence electrons. The molecule has 0 saturated carbocycles. The van der Waals surface area contributed by atoms with E-state index in [9.17, 15) is 5.48 Å². The molecule has 2 aliphatic rings. The van der Waals surface area contributed by atoms with E-state index in [1.165, 1.54) is 23.3 Å². The molecule has 0 radical (unpaired) electrons. The fraction of sp³-hybridized carbons (Fsp3) is 0.193. The van der Waals surface area contributed by atoms with E-state index in [1.807, 2.05) is 53.6 Å². The molecule has 3 heterocycles. The van der Waals surface area contributed by atoms with Crippen LogP contribution in [0.3, 0.4) is 0 Å². The first-order valence-electron chi connectivity index (χ1n) is 38.4. The van der Waals surface area contributed by atoms with Crippen molar-refractivity contribution in [2.24, 2.45) is 0 Å². The van der Waals surface area contributed by atoms with Crippen LogP contribution in [0.15, 0.2) is 255 Å². The second-order valence-corrected chi connectivity index (χ2v) is 27.9. The van der Waals surface area contributed by atoms with Crippen LogP contribution in [0, 0.1) is 27.6 Å². The van der Waals surface area contributed by atoms with Gasteiger partial charge in [-0.15, -0.1) is 0 Å². The van der Waals surface area contributed by atoms with E-state index in [0.717, 1.165) is 101 Å². The van der Waals surface area contributed by atoms with Gasteiger partial charge in [0.05, 0.1) is 42.1 Å². The maximum atomic E-state index is 9.48. The topological polar surface area (TPSA) is 25.9 Å². The van der Waals surface area contributed by atoms with Gasteiger partial charge < -0.3 is 14.7 Å². The highest BCUT2D eigenvalue weighted by molar-refractivity contribution is 6.05. The number of benzene rings is 11. The number of fused-ring (bicyclic) bond motifs is 6. The summed E-state index contributed by atoms with van der Waals surface area (Å²) in [7, 11) is 0. The quantitative estimate of drug-likeness (QED) is 0.136. The fourth-order valence-corrected chi connectivity index (χ4v) is 13.6. The van der Waals surface area contributed by atoms with Crippen LogP contribution in [0.5, 0.6) is 0 Å². The summed E-state index contributed by atoms with van der Waals surface area (Å²) in [6, 6.07) is 58.2. The Morgan fingerprint density at radius 2 is 0.989 bits per heavy atom. The van der Waals surface area contributed by atoms with Gasteiger partial charge >= 0.3 is 0 Å². The van der Waals surface area contributed by atoms with Gasteiger partial charge in [-0.1, -0.05) is 225 Å². The molecular formula is C88H83N5. The first-order valence-corrected chi connectivity index (χ1v) is 31.9. The van der Waals surface area contributed by atoms with Gasteiger partial charge in [-0.3, -0.25) is 4.90 Å². The van der Waals surface area contributed by atoms with Crippen LogP contribution in [0.1, 0.15) is 119 Å². The lowest BCUT2D eigenvalue weighted by Gasteiger charge is -2.32. The largest absolute Gasteiger partial charge is 0.321 e. The van der Waals surface area contributed by atoms with Crippen molar-refractivity contribution in [3.63, 3.8) is 0 Å². The maximum Gasteiger partial charge on any atom is 0.137 e. The summed E-state index contributed by atoms with van der Waals surface area (Å²) >= 11 is 0. The second-order valence-electron chi connectivity index (χ2n) is 27.9. The highest BCUT2D eigenvalue weighted by Gasteiger charge is 2.35. The maximum absolute atomic E-state index is 9.48. The molecule has 93 heavy (non-hydrogen) atoms. The zero-order valence-electron chi connectivity index (χ0n) is 67.9. The van der Waals surface area contributed by atoms with Crippen LogP contribution < -0.4 is 19.6 Å². The monoisotopic (exact) mass is 1220 g/mol. The molecule has 1 aromatic heterocycles. The fourth-order valence-electron chi connectivity index (χ4n) is 13.6. The van der Waals surface area contributed by atoms with Crippen molar-refractivity contribution in [2.75, 3.05) is 26.3 Å². The second kappa shape index (κ2) is 23.5. The number of anilines is 10. The first-order chi connectivity index (χ1) is 50.0. The minimum absolute atomic E-state index is 0.0494. The molecule has 14 rings (SSSR count). The van der Waals surface area contributed by atoms with Crippen molar-refractivity contribution >= 4 is 57.0 Å². The predicted octanol–water partition coefficient (Wildman–Crippen LogP) is 24.7. The number of aromatic nitrogens is 1. The molecule has 0 spiro atoms. The van der Waals surface area contributed by atoms with Crippen LogP contribution in [0.25, 0.3) is 66.8 Å². The molecule has 5 heteroatoms. The SMILES string of the molecule is [2H]c1c([2H])c([2H])c(-c2cc(C([2H])([2H])[2H])cc(-c3c([2H])c([2H])c([2H])c([2H])c3[2H])c2N2CN(c3cc(-c4c(C)cc(C)cc4C)cc(N(c4ccccc4)c4ccc5c(c4)N(c4cc(C(C)(C)C)ccn4)c4ccc(-c6cc(C(C)(C)C)cc(C(C)(C)C)c6)cc4-c4ccccc4-5)c3)c3ccccc32)c([2H])c1[2H]. The number of para-hydroxylation sites is 3. The Kier molecular flexibility index (Phi) is 11.8. The van der Waals surface area contributed by atoms with Crippen molar-refractivity contribution in [2.45, 2.75) is 106 Å². The van der Waals surface area contributed by atoms with Gasteiger partial charge in [0.15, 0.2) is 0 Å². The van der Waals surface area contributed by atoms with E-state index in [0.29, 0.717) is 17.1 Å². The number of rotatable bonds is 10. The van der Waals surface area contributed by atoms with Gasteiger partial charge in [0.2, 0.25) is 0 Å². The van der Waals surface area contributed by atoms with Gasteiger partial charge in [-0.05, 0) is 213 Å². The summed E-state index contributed by atoms with van der Waals surface area (Å²) in [5.41, 5.74) is 19.6. The third kappa shape index (κ3) is 11.4. The number of hydrogen-bond acceptors (Lipinski definition) is 5. The Hall–Kier alpha value is -10.2. The van der Waals surface area contributed by atoms with Crippen LogP contribution in [0.4, 0.5) is 57.0 Å². The number of nitrogens with zero attached hydrogens (tertiary/aromatic N) is 5. The van der Waals surface area contributed by atoms with E-state index < -0.39 is 67.3 Å². The molecule has 0 unspecified atom stereocenters. The number of hydrogen-bond donors (Lipinski definition) is 0. The molecule has 0 N–H and O–H groups in total. The van der Waals surface area contributed by atoms with Crippen molar-refractivity contribution in [3.05, 3.63) is 294 Å². The van der Waals surface area contributed by atoms with Crippen molar-refractivity contribution < 1.29 is 17.8 Å². The first kappa shape index (κ1) is 46.8. The third-order valence-corrected chi connectivity index (χ3v) is 18.2. The number of aryl methyl sites for hydroxylation is 4. The highest BCUT2D eigenvalue weighted by atomic mass is 15.4. The Morgan fingerprint density at radius 1 is 0.398 bits per heavy atom. The zero-order valence-corrected chi connectivity index (χ0v) is 54.9. The molecule has 0 aliphatic carbocycles. The van der Waals surface area contributed by atoms with Crippen LogP contribution in [0.2, 0.25) is 0 Å². The Morgan fingerprint density at radius 3 is 1.60 bits per heavy atom. The summed E-state index contributed by atoms with van der Waals surface area (Å²) in [5.74, 6) is 0.744. The van der Waals surface area contributed by atoms with E-state index in [-0.39, 0.29) is 56.4 Å². The molecule has 2 aliphatic heterocycles. The molecule has 0 saturated heterocycles. The van der Waals surface area contributed by atoms with Crippen LogP contribution in [-0.4, -0.2) is 11.7 Å². The summed E-state index contributed by atoms with van der Waals surface area (Å²) < 4.78 is 118. The van der Waals surface area contributed by atoms with Crippen LogP contribution in [-0.2, 0) is 16.2 Å². The summed E-state index contributed by atoms with van der Waals surface area (Å²) in [4.78, 5) is 13.8. The smallest absolute Gasteiger partial charge is 0.137 e. The van der Waals surface area contributed by atoms with Gasteiger partial charge in [0, 0.05) is 55.3 Å². The third-order valence-electron chi connectivity index (χ3n) is 18.2. The molecular weight excluding hydrogens is 1130 g/mol. The van der Waals surface area contributed by atoms with Gasteiger partial charge in [0.25, 0.3) is 0 Å². The van der Waals surface area contributed by atoms with Gasteiger partial charge in [0.1, 0.15) is 12.5 Å². The van der Waals surface area contributed by atoms with Gasteiger partial charge in [-0.25, -0.2) is 4.98 Å². The average Bonchev–Trinajstić information content (AvgIpc) is 1.39. The summed E-state index contributed by atoms with van der Waals surface area (Å²) in [5, 5.41) is 0. The lowest BCUT2D eigenvalue weighted by Crippen LogP contribution is -2.25. The van der Waals surface area contributed by atoms with Crippen molar-refractivity contribution in [1.29, 1.82) is 0 Å². The highest BCUT2D eigenvalue weighted by Crippen LogP contribution is 2.56. The zero-order chi connectivity index (χ0) is 75.9. The van der Waals surface area contributed by atoms with E-state index in [4.69, 9.17) is 17.3 Å². The molecule has 0 atom stereocenters. The molecule has 0 bridgehead atoms. The van der Waals surface area contributed by atoms with E-state index in [1.54, 1.807) is 0 Å². The number of pyridine rings is 1. The molecule has 0 fully saturated rings. The molecule has 5 nitrogen and oxygen atoms in total. The standard InChI is InChI=1S/C88H83N5/c1-57-43-59(3)84(60(4)44-57)65-49-71(90-56-91(81-36-26-25-35-80(81)90)85-76(61-27-17-14-18-28-61)45-58(2)46-77(85)62-29-19-15-20-30-62)54-72(50-65)92(69-31-21-16-22-32-69)70-38-39-75-73-33-23-24-34-74(73)78-51-63(64-47-67(87(8,9)10)52-68(48-64)88(11,12)13)37-40-79(78)93(82(75)55-70)83-53-66(41-42-89-83)86(5,6)7/h14-55H,56H2,1-13H3/i2D3,14D,15D,17D,18D,19D,20D,27D,28D,29D,30D. The Bertz CT molecular complexity index is 5390. The molecule has 11 aromatic carbocycles. The molecule has 0 amide bonds. The lowest BCUT2D eigenvalue weighted by molar-refractivity contribution is 0.569. The average molecular weight is 1220 g/mol. The Labute approximate surface area is 570 Å². The van der Waals surface area contributed by atoms with E-state index >= 15 is 0 Å². The van der Waals surface area contributed by atoms with Crippen molar-refractivity contribution in [1.82, 2.24) is 4.98 Å².